The molecule has 0 saturated carbocycles. The molecule has 0 bridgehead atoms. The number of nitrogens with one attached hydrogen (secondary N) is 1. The highest BCUT2D eigenvalue weighted by molar-refractivity contribution is 5.82. The lowest BCUT2D eigenvalue weighted by Crippen LogP contribution is -2.40. The third-order valence-corrected chi connectivity index (χ3v) is 5.23. The highest BCUT2D eigenvalue weighted by Crippen LogP contribution is 2.30. The van der Waals surface area contributed by atoms with Gasteiger partial charge in [0.1, 0.15) is 5.75 Å². The largest absolute Gasteiger partial charge is 0.466 e. The third kappa shape index (κ3) is 4.21. The average molecular weight is 359 g/mol. The molecule has 1 fully saturated rings. The first-order valence-corrected chi connectivity index (χ1v) is 9.51. The number of hydrogen-bond donors (Lipinski definition) is 1. The Balaban J connectivity index is 1.46. The number of benzene rings is 3. The third-order valence-electron chi connectivity index (χ3n) is 5.23. The number of piperidine rings is 1. The first-order chi connectivity index (χ1) is 13.3. The van der Waals surface area contributed by atoms with Crippen molar-refractivity contribution in [3.8, 4) is 5.75 Å². The molecule has 1 N–H and O–H groups in total. The van der Waals surface area contributed by atoms with Crippen LogP contribution in [-0.2, 0) is 11.3 Å². The monoisotopic (exact) mass is 359 g/mol. The molecule has 1 aliphatic heterocycles. The molecule has 3 nitrogen and oxygen atoms in total. The van der Waals surface area contributed by atoms with E-state index in [1.165, 1.54) is 28.2 Å². The summed E-state index contributed by atoms with van der Waals surface area (Å²) in [7, 11) is 0. The molecule has 3 aromatic carbocycles. The van der Waals surface area contributed by atoms with Crippen LogP contribution >= 0.6 is 0 Å². The molecule has 27 heavy (non-hydrogen) atoms. The molecule has 1 saturated heterocycles. The molecule has 4 rings (SSSR count). The van der Waals surface area contributed by atoms with Crippen molar-refractivity contribution in [1.29, 1.82) is 0 Å². The quantitative estimate of drug-likeness (QED) is 0.627. The maximum atomic E-state index is 6.35. The summed E-state index contributed by atoms with van der Waals surface area (Å²) < 4.78 is 11.7. The van der Waals surface area contributed by atoms with Gasteiger partial charge in [-0.15, -0.1) is 0 Å². The Bertz CT molecular complexity index is 904. The minimum atomic E-state index is 0.163. The fourth-order valence-corrected chi connectivity index (χ4v) is 3.81. The van der Waals surface area contributed by atoms with E-state index in [2.05, 4.69) is 66.5 Å². The van der Waals surface area contributed by atoms with Crippen molar-refractivity contribution in [2.24, 2.45) is 0 Å². The van der Waals surface area contributed by atoms with Crippen molar-refractivity contribution in [3.05, 3.63) is 90.7 Å². The van der Waals surface area contributed by atoms with Crippen LogP contribution in [0.3, 0.4) is 0 Å². The van der Waals surface area contributed by atoms with Crippen LogP contribution in [-0.4, -0.2) is 19.2 Å². The second-order valence-electron chi connectivity index (χ2n) is 6.98. The van der Waals surface area contributed by atoms with E-state index >= 15 is 0 Å². The summed E-state index contributed by atoms with van der Waals surface area (Å²) in [5.41, 5.74) is 2.52. The van der Waals surface area contributed by atoms with E-state index in [9.17, 15) is 0 Å². The molecule has 0 spiro atoms. The molecule has 1 aliphatic rings. The second kappa shape index (κ2) is 8.38. The van der Waals surface area contributed by atoms with Gasteiger partial charge in [-0.3, -0.25) is 0 Å². The highest BCUT2D eigenvalue weighted by atomic mass is 16.5. The highest BCUT2D eigenvalue weighted by Gasteiger charge is 2.27. The van der Waals surface area contributed by atoms with Gasteiger partial charge >= 0.3 is 0 Å². The topological polar surface area (TPSA) is 30.5 Å². The van der Waals surface area contributed by atoms with Crippen molar-refractivity contribution < 1.29 is 9.47 Å². The molecule has 0 radical (unpaired) electrons. The van der Waals surface area contributed by atoms with E-state index in [0.29, 0.717) is 12.5 Å². The van der Waals surface area contributed by atoms with Gasteiger partial charge in [-0.05, 0) is 53.1 Å². The van der Waals surface area contributed by atoms with Gasteiger partial charge in [-0.1, -0.05) is 55.1 Å². The molecule has 0 amide bonds. The molecular weight excluding hydrogens is 334 g/mol. The van der Waals surface area contributed by atoms with Crippen LogP contribution in [0, 0.1) is 0 Å². The van der Waals surface area contributed by atoms with Crippen molar-refractivity contribution in [3.63, 3.8) is 0 Å². The Hall–Kier alpha value is -2.62. The van der Waals surface area contributed by atoms with Gasteiger partial charge in [0.15, 0.2) is 0 Å². The van der Waals surface area contributed by atoms with Crippen LogP contribution in [0.2, 0.25) is 0 Å². The van der Waals surface area contributed by atoms with Crippen molar-refractivity contribution in [2.75, 3.05) is 13.1 Å². The van der Waals surface area contributed by atoms with Crippen LogP contribution in [0.4, 0.5) is 0 Å². The minimum absolute atomic E-state index is 0.163. The van der Waals surface area contributed by atoms with Gasteiger partial charge in [0.25, 0.3) is 0 Å². The predicted octanol–water partition coefficient (Wildman–Crippen LogP) is 5.02. The van der Waals surface area contributed by atoms with Crippen LogP contribution in [0.15, 0.2) is 79.6 Å². The number of ether oxygens (including phenoxy) is 2. The number of hydrogen-bond acceptors (Lipinski definition) is 3. The SMILES string of the molecule is C=COc1ccc(C2CCNCC2OCc2ccc3ccccc3c2)cc1. The summed E-state index contributed by atoms with van der Waals surface area (Å²) in [6.45, 7) is 6.13. The Morgan fingerprint density at radius 3 is 2.63 bits per heavy atom. The van der Waals surface area contributed by atoms with Crippen LogP contribution in [0.25, 0.3) is 10.8 Å². The van der Waals surface area contributed by atoms with E-state index in [1.54, 1.807) is 0 Å². The van der Waals surface area contributed by atoms with Crippen LogP contribution in [0.5, 0.6) is 5.75 Å². The lowest BCUT2D eigenvalue weighted by Gasteiger charge is -2.32. The summed E-state index contributed by atoms with van der Waals surface area (Å²) in [5.74, 6) is 1.21. The lowest BCUT2D eigenvalue weighted by atomic mass is 9.87. The number of rotatable bonds is 6. The summed E-state index contributed by atoms with van der Waals surface area (Å²) in [4.78, 5) is 0. The maximum Gasteiger partial charge on any atom is 0.126 e. The first-order valence-electron chi connectivity index (χ1n) is 9.51. The molecule has 2 atom stereocenters. The summed E-state index contributed by atoms with van der Waals surface area (Å²) in [6, 6.07) is 23.3. The first kappa shape index (κ1) is 17.8. The zero-order chi connectivity index (χ0) is 18.5. The van der Waals surface area contributed by atoms with Crippen molar-refractivity contribution >= 4 is 10.8 Å². The zero-order valence-corrected chi connectivity index (χ0v) is 15.4. The molecule has 0 aromatic heterocycles. The van der Waals surface area contributed by atoms with Crippen LogP contribution < -0.4 is 10.1 Å². The Morgan fingerprint density at radius 1 is 1.00 bits per heavy atom. The van der Waals surface area contributed by atoms with Gasteiger partial charge in [0, 0.05) is 12.5 Å². The standard InChI is InChI=1S/C24H25NO2/c1-2-26-22-11-9-20(10-12-22)23-13-14-25-16-24(23)27-17-18-7-8-19-5-3-4-6-21(19)15-18/h2-12,15,23-25H,1,13-14,16-17H2. The van der Waals surface area contributed by atoms with E-state index in [-0.39, 0.29) is 6.10 Å². The van der Waals surface area contributed by atoms with E-state index in [0.717, 1.165) is 25.3 Å². The van der Waals surface area contributed by atoms with Gasteiger partial charge in [0.05, 0.1) is 19.0 Å². The molecule has 0 aliphatic carbocycles. The molecule has 1 heterocycles. The lowest BCUT2D eigenvalue weighted by molar-refractivity contribution is 0.0106. The van der Waals surface area contributed by atoms with E-state index < -0.39 is 0 Å². The van der Waals surface area contributed by atoms with Crippen molar-refractivity contribution in [1.82, 2.24) is 5.32 Å². The average Bonchev–Trinajstić information content (AvgIpc) is 2.73. The smallest absolute Gasteiger partial charge is 0.126 e. The Morgan fingerprint density at radius 2 is 1.81 bits per heavy atom. The normalized spacial score (nSPS) is 19.7. The Kier molecular flexibility index (Phi) is 5.52. The molecule has 3 heteroatoms. The van der Waals surface area contributed by atoms with Gasteiger partial charge < -0.3 is 14.8 Å². The maximum absolute atomic E-state index is 6.35. The number of fused-ring (bicyclic) bond motifs is 1. The van der Waals surface area contributed by atoms with Crippen LogP contribution in [0.1, 0.15) is 23.5 Å². The molecule has 3 aromatic rings. The fourth-order valence-electron chi connectivity index (χ4n) is 3.81. The van der Waals surface area contributed by atoms with E-state index in [1.807, 2.05) is 12.1 Å². The second-order valence-corrected chi connectivity index (χ2v) is 6.98. The predicted molar refractivity (Wildman–Crippen MR) is 110 cm³/mol. The Labute approximate surface area is 160 Å². The van der Waals surface area contributed by atoms with E-state index in [4.69, 9.17) is 9.47 Å². The summed E-state index contributed by atoms with van der Waals surface area (Å²) in [6.07, 6.45) is 2.69. The van der Waals surface area contributed by atoms with Gasteiger partial charge in [-0.2, -0.15) is 0 Å². The van der Waals surface area contributed by atoms with Crippen molar-refractivity contribution in [2.45, 2.75) is 25.0 Å². The molecular formula is C24H25NO2. The fraction of sp³-hybridized carbons (Fsp3) is 0.250. The minimum Gasteiger partial charge on any atom is -0.466 e. The van der Waals surface area contributed by atoms with Gasteiger partial charge in [0.2, 0.25) is 0 Å². The zero-order valence-electron chi connectivity index (χ0n) is 15.4. The molecule has 138 valence electrons. The summed E-state index contributed by atoms with van der Waals surface area (Å²) >= 11 is 0. The molecule has 2 unspecified atom stereocenters. The van der Waals surface area contributed by atoms with Gasteiger partial charge in [-0.25, -0.2) is 0 Å². The summed E-state index contributed by atoms with van der Waals surface area (Å²) in [5, 5.41) is 5.99.